The van der Waals surface area contributed by atoms with E-state index in [0.29, 0.717) is 18.7 Å². The number of amides is 2. The van der Waals surface area contributed by atoms with E-state index in [1.54, 1.807) is 24.3 Å². The largest absolute Gasteiger partial charge is 0.486 e. The molecule has 0 aliphatic heterocycles. The Bertz CT molecular complexity index is 1000. The van der Waals surface area contributed by atoms with Gasteiger partial charge in [-0.2, -0.15) is 0 Å². The monoisotopic (exact) mass is 466 g/mol. The lowest BCUT2D eigenvalue weighted by molar-refractivity contribution is -0.0135. The van der Waals surface area contributed by atoms with Gasteiger partial charge in [-0.3, -0.25) is 0 Å². The van der Waals surface area contributed by atoms with Gasteiger partial charge in [-0.05, 0) is 98.2 Å². The summed E-state index contributed by atoms with van der Waals surface area (Å²) in [6.45, 7) is 0.396. The zero-order valence-electron chi connectivity index (χ0n) is 19.1. The summed E-state index contributed by atoms with van der Waals surface area (Å²) in [5.74, 6) is 1.45. The Morgan fingerprint density at radius 2 is 1.56 bits per heavy atom. The normalized spacial score (nSPS) is 27.7. The smallest absolute Gasteiger partial charge is 0.335 e. The highest BCUT2D eigenvalue weighted by molar-refractivity contribution is 5.87. The summed E-state index contributed by atoms with van der Waals surface area (Å²) in [7, 11) is 0. The van der Waals surface area contributed by atoms with Crippen LogP contribution in [-0.4, -0.2) is 29.2 Å². The van der Waals surface area contributed by atoms with Crippen LogP contribution >= 0.6 is 0 Å². The van der Waals surface area contributed by atoms with E-state index in [1.165, 1.54) is 43.5 Å². The first-order valence-electron chi connectivity index (χ1n) is 12.2. The van der Waals surface area contributed by atoms with Gasteiger partial charge in [-0.15, -0.1) is 0 Å². The minimum absolute atomic E-state index is 0.0441. The number of carbonyl (C=O) groups excluding carboxylic acids is 1. The van der Waals surface area contributed by atoms with Crippen molar-refractivity contribution >= 4 is 12.0 Å². The van der Waals surface area contributed by atoms with Crippen LogP contribution in [0, 0.1) is 23.6 Å². The Kier molecular flexibility index (Phi) is 6.19. The van der Waals surface area contributed by atoms with E-state index < -0.39 is 12.1 Å². The molecule has 6 rings (SSSR count). The Hall–Kier alpha value is -3.09. The predicted octanol–water partition coefficient (Wildman–Crippen LogP) is 5.30. The third-order valence-electron chi connectivity index (χ3n) is 7.73. The molecule has 180 valence electrons. The van der Waals surface area contributed by atoms with Crippen molar-refractivity contribution < 1.29 is 23.8 Å². The first-order chi connectivity index (χ1) is 16.4. The second-order valence-corrected chi connectivity index (χ2v) is 10.4. The lowest BCUT2D eigenvalue weighted by Crippen LogP contribution is -2.61. The Morgan fingerprint density at radius 1 is 0.971 bits per heavy atom. The van der Waals surface area contributed by atoms with Crippen LogP contribution in [0.1, 0.15) is 67.0 Å². The molecule has 0 heterocycles. The maximum absolute atomic E-state index is 13.4. The number of benzene rings is 2. The molecule has 4 aliphatic rings. The minimum atomic E-state index is -1.00. The molecule has 0 spiro atoms. The number of hydrogen-bond donors (Lipinski definition) is 3. The molecular formula is C27H31FN2O4. The van der Waals surface area contributed by atoms with Crippen LogP contribution < -0.4 is 15.4 Å². The first-order valence-corrected chi connectivity index (χ1v) is 12.2. The first kappa shape index (κ1) is 22.7. The fraction of sp³-hybridized carbons (Fsp3) is 0.481. The van der Waals surface area contributed by atoms with Crippen LogP contribution in [0.2, 0.25) is 0 Å². The fourth-order valence-electron chi connectivity index (χ4n) is 6.68. The Balaban J connectivity index is 1.20. The second kappa shape index (κ2) is 9.28. The number of rotatable bonds is 8. The molecule has 2 aromatic carbocycles. The minimum Gasteiger partial charge on any atom is -0.486 e. The van der Waals surface area contributed by atoms with Crippen molar-refractivity contribution in [2.75, 3.05) is 6.54 Å². The number of ether oxygens (including phenoxy) is 1. The topological polar surface area (TPSA) is 87.7 Å². The zero-order valence-corrected chi connectivity index (χ0v) is 19.1. The van der Waals surface area contributed by atoms with Crippen LogP contribution in [0.3, 0.4) is 0 Å². The number of aromatic carboxylic acids is 1. The number of urea groups is 1. The Labute approximate surface area is 198 Å². The van der Waals surface area contributed by atoms with Gasteiger partial charge < -0.3 is 20.5 Å². The van der Waals surface area contributed by atoms with Gasteiger partial charge in [-0.25, -0.2) is 14.0 Å². The number of carboxylic acids is 1. The molecular weight excluding hydrogens is 435 g/mol. The van der Waals surface area contributed by atoms with Gasteiger partial charge in [0.25, 0.3) is 0 Å². The summed E-state index contributed by atoms with van der Waals surface area (Å²) in [5, 5.41) is 15.4. The van der Waals surface area contributed by atoms with Gasteiger partial charge in [-0.1, -0.05) is 12.1 Å². The van der Waals surface area contributed by atoms with Crippen molar-refractivity contribution in [2.24, 2.45) is 17.8 Å². The maximum Gasteiger partial charge on any atom is 0.335 e. The van der Waals surface area contributed by atoms with E-state index in [1.807, 2.05) is 0 Å². The van der Waals surface area contributed by atoms with E-state index in [0.717, 1.165) is 42.6 Å². The second-order valence-electron chi connectivity index (χ2n) is 10.4. The van der Waals surface area contributed by atoms with Crippen molar-refractivity contribution in [2.45, 2.75) is 56.6 Å². The molecule has 0 aromatic heterocycles. The molecule has 1 unspecified atom stereocenters. The fourth-order valence-corrected chi connectivity index (χ4v) is 6.68. The van der Waals surface area contributed by atoms with Gasteiger partial charge in [0, 0.05) is 18.5 Å². The molecule has 0 radical (unpaired) electrons. The van der Waals surface area contributed by atoms with E-state index in [9.17, 15) is 14.0 Å². The van der Waals surface area contributed by atoms with Gasteiger partial charge in [0.05, 0.1) is 5.56 Å². The summed E-state index contributed by atoms with van der Waals surface area (Å²) in [5.41, 5.74) is 0.915. The molecule has 4 fully saturated rings. The van der Waals surface area contributed by atoms with Crippen molar-refractivity contribution in [3.63, 3.8) is 0 Å². The summed E-state index contributed by atoms with van der Waals surface area (Å²) >= 11 is 0. The van der Waals surface area contributed by atoms with Crippen LogP contribution in [-0.2, 0) is 0 Å². The molecule has 2 aromatic rings. The Morgan fingerprint density at radius 3 is 2.12 bits per heavy atom. The molecule has 7 heteroatoms. The zero-order chi connectivity index (χ0) is 23.7. The maximum atomic E-state index is 13.4. The van der Waals surface area contributed by atoms with E-state index in [4.69, 9.17) is 9.84 Å². The van der Waals surface area contributed by atoms with Crippen LogP contribution in [0.15, 0.2) is 48.5 Å². The molecule has 6 nitrogen and oxygen atoms in total. The summed E-state index contributed by atoms with van der Waals surface area (Å²) in [6.07, 6.45) is 7.34. The molecule has 0 saturated heterocycles. The molecule has 3 N–H and O–H groups in total. The van der Waals surface area contributed by atoms with E-state index >= 15 is 0 Å². The third kappa shape index (κ3) is 5.03. The lowest BCUT2D eigenvalue weighted by Gasteiger charge is -2.56. The van der Waals surface area contributed by atoms with Crippen LogP contribution in [0.5, 0.6) is 5.75 Å². The average molecular weight is 467 g/mol. The number of carboxylic acid groups (broad SMARTS) is 1. The molecule has 4 saturated carbocycles. The summed E-state index contributed by atoms with van der Waals surface area (Å²) in [6, 6.07) is 12.1. The molecule has 34 heavy (non-hydrogen) atoms. The SMILES string of the molecule is O=C(NCCC(Oc1ccc(C(=O)O)cc1)c1ccc(F)cc1)NC12CC3CC(CC(C3)C1)C2. The average Bonchev–Trinajstić information content (AvgIpc) is 2.78. The number of nitrogens with one attached hydrogen (secondary N) is 2. The molecule has 4 aliphatic carbocycles. The van der Waals surface area contributed by atoms with Crippen LogP contribution in [0.25, 0.3) is 0 Å². The number of hydrogen-bond acceptors (Lipinski definition) is 3. The van der Waals surface area contributed by atoms with E-state index in [2.05, 4.69) is 10.6 Å². The van der Waals surface area contributed by atoms with Crippen molar-refractivity contribution in [3.8, 4) is 5.75 Å². The third-order valence-corrected chi connectivity index (χ3v) is 7.73. The van der Waals surface area contributed by atoms with Gasteiger partial charge >= 0.3 is 12.0 Å². The lowest BCUT2D eigenvalue weighted by atomic mass is 9.53. The highest BCUT2D eigenvalue weighted by Gasteiger charge is 2.51. The quantitative estimate of drug-likeness (QED) is 0.493. The van der Waals surface area contributed by atoms with E-state index in [-0.39, 0.29) is 23.0 Å². The highest BCUT2D eigenvalue weighted by Crippen LogP contribution is 2.55. The van der Waals surface area contributed by atoms with Crippen molar-refractivity contribution in [3.05, 3.63) is 65.5 Å². The molecule has 4 bridgehead atoms. The molecule has 2 amide bonds. The van der Waals surface area contributed by atoms with Crippen molar-refractivity contribution in [1.82, 2.24) is 10.6 Å². The predicted molar refractivity (Wildman–Crippen MR) is 125 cm³/mol. The van der Waals surface area contributed by atoms with Crippen LogP contribution in [0.4, 0.5) is 9.18 Å². The molecule has 1 atom stereocenters. The standard InChI is InChI=1S/C27H31FN2O4/c28-22-5-1-20(2-6-22)24(34-23-7-3-21(4-8-23)25(31)32)9-10-29-26(33)30-27-14-17-11-18(15-27)13-19(12-17)16-27/h1-8,17-19,24H,9-16H2,(H,31,32)(H2,29,30,33). The van der Waals surface area contributed by atoms with Gasteiger partial charge in [0.15, 0.2) is 0 Å². The van der Waals surface area contributed by atoms with Crippen molar-refractivity contribution in [1.29, 1.82) is 0 Å². The van der Waals surface area contributed by atoms with Gasteiger partial charge in [0.2, 0.25) is 0 Å². The number of carbonyl (C=O) groups is 2. The number of halogens is 1. The van der Waals surface area contributed by atoms with Gasteiger partial charge in [0.1, 0.15) is 17.7 Å². The summed E-state index contributed by atoms with van der Waals surface area (Å²) in [4.78, 5) is 23.9. The highest BCUT2D eigenvalue weighted by atomic mass is 19.1. The summed E-state index contributed by atoms with van der Waals surface area (Å²) < 4.78 is 19.6.